The van der Waals surface area contributed by atoms with Crippen LogP contribution in [0.3, 0.4) is 0 Å². The van der Waals surface area contributed by atoms with E-state index in [1.165, 1.54) is 4.90 Å². The number of aliphatic hydroxyl groups is 1. The Hall–Kier alpha value is -4.56. The Morgan fingerprint density at radius 3 is 2.02 bits per heavy atom. The van der Waals surface area contributed by atoms with Crippen LogP contribution in [0, 0.1) is 11.6 Å². The first-order chi connectivity index (χ1) is 26.4. The second-order valence-electron chi connectivity index (χ2n) is 15.0. The number of hydrogen-bond acceptors (Lipinski definition) is 8. The molecule has 0 spiro atoms. The van der Waals surface area contributed by atoms with Gasteiger partial charge in [0.15, 0.2) is 9.84 Å². The lowest BCUT2D eigenvalue weighted by molar-refractivity contribution is -0.124. The Morgan fingerprint density at radius 1 is 0.821 bits per heavy atom. The average molecular weight is 802 g/mol. The summed E-state index contributed by atoms with van der Waals surface area (Å²) in [6, 6.07) is 16.0. The number of alkyl carbamates (subject to hydrolysis) is 1. The minimum absolute atomic E-state index is 0.0149. The van der Waals surface area contributed by atoms with E-state index in [4.69, 9.17) is 9.47 Å². The van der Waals surface area contributed by atoms with Crippen molar-refractivity contribution in [3.63, 3.8) is 0 Å². The van der Waals surface area contributed by atoms with Crippen molar-refractivity contribution in [3.05, 3.63) is 107 Å². The van der Waals surface area contributed by atoms with E-state index in [0.29, 0.717) is 37.3 Å². The molecule has 3 atom stereocenters. The van der Waals surface area contributed by atoms with Gasteiger partial charge in [-0.05, 0) is 80.8 Å². The van der Waals surface area contributed by atoms with Gasteiger partial charge in [-0.25, -0.2) is 26.8 Å². The van der Waals surface area contributed by atoms with Gasteiger partial charge in [-0.3, -0.25) is 4.79 Å². The number of aryl methyl sites for hydroxylation is 1. The van der Waals surface area contributed by atoms with E-state index in [0.717, 1.165) is 29.7 Å². The van der Waals surface area contributed by atoms with E-state index in [1.807, 2.05) is 45.0 Å². The molecule has 3 amide bonds. The second-order valence-corrected chi connectivity index (χ2v) is 17.3. The maximum absolute atomic E-state index is 14.4. The molecular weight excluding hydrogens is 745 g/mol. The first-order valence-electron chi connectivity index (χ1n) is 19.1. The number of hydrogen-bond donors (Lipinski definition) is 3. The standard InChI is InChI=1S/C42H57F2N3O8S/c1-7-14-35(15-8-2)56(52,53)28-37(46-40(50)54-27-30-16-11-10-12-17-30)39(49)45-36(23-32-21-33(43)24-34(44)22-32)38(48)26-47(41(51)55-42(4,5)6)25-31-19-13-18-29(9-3)20-31/h10-13,16-22,24,35-38,48H,7-9,14-15,23,25-28H2,1-6H3,(H,45,49)(H,46,50)/t36-,37?,38+/m0/s1. The molecule has 3 N–H and O–H groups in total. The second kappa shape index (κ2) is 21.7. The first-order valence-corrected chi connectivity index (χ1v) is 20.8. The quantitative estimate of drug-likeness (QED) is 0.110. The largest absolute Gasteiger partial charge is 0.445 e. The predicted octanol–water partition coefficient (Wildman–Crippen LogP) is 7.03. The summed E-state index contributed by atoms with van der Waals surface area (Å²) in [6.07, 6.45) is -1.15. The summed E-state index contributed by atoms with van der Waals surface area (Å²) in [4.78, 5) is 42.1. The Kier molecular flexibility index (Phi) is 17.7. The number of sulfone groups is 1. The van der Waals surface area contributed by atoms with E-state index < -0.39 is 80.9 Å². The fraction of sp³-hybridized carbons (Fsp3) is 0.500. The third-order valence-corrected chi connectivity index (χ3v) is 11.2. The normalized spacial score (nSPS) is 13.4. The number of ether oxygens (including phenoxy) is 2. The lowest BCUT2D eigenvalue weighted by Gasteiger charge is -2.33. The highest BCUT2D eigenvalue weighted by Gasteiger charge is 2.35. The van der Waals surface area contributed by atoms with Gasteiger partial charge in [-0.2, -0.15) is 0 Å². The molecule has 0 aliphatic carbocycles. The Bertz CT molecular complexity index is 1810. The van der Waals surface area contributed by atoms with Crippen LogP contribution in [0.1, 0.15) is 89.5 Å². The highest BCUT2D eigenvalue weighted by Crippen LogP contribution is 2.20. The van der Waals surface area contributed by atoms with Crippen molar-refractivity contribution in [2.45, 2.75) is 122 Å². The molecule has 3 aromatic carbocycles. The summed E-state index contributed by atoms with van der Waals surface area (Å²) in [5.41, 5.74) is 1.58. The lowest BCUT2D eigenvalue weighted by Crippen LogP contribution is -2.57. The number of aliphatic hydroxyl groups excluding tert-OH is 1. The number of rotatable bonds is 20. The molecule has 0 saturated heterocycles. The zero-order chi connectivity index (χ0) is 41.5. The van der Waals surface area contributed by atoms with Gasteiger partial charge >= 0.3 is 12.2 Å². The molecule has 56 heavy (non-hydrogen) atoms. The van der Waals surface area contributed by atoms with Gasteiger partial charge in [0.1, 0.15) is 29.9 Å². The molecule has 14 heteroatoms. The minimum Gasteiger partial charge on any atom is -0.445 e. The fourth-order valence-electron chi connectivity index (χ4n) is 6.21. The third kappa shape index (κ3) is 15.5. The monoisotopic (exact) mass is 801 g/mol. The molecule has 11 nitrogen and oxygen atoms in total. The van der Waals surface area contributed by atoms with E-state index in [9.17, 15) is 36.7 Å². The number of benzene rings is 3. The molecular formula is C42H57F2N3O8S. The molecule has 3 aromatic rings. The number of nitrogens with one attached hydrogen (secondary N) is 2. The van der Waals surface area contributed by atoms with Crippen molar-refractivity contribution in [2.75, 3.05) is 12.3 Å². The van der Waals surface area contributed by atoms with Crippen LogP contribution in [0.25, 0.3) is 0 Å². The maximum Gasteiger partial charge on any atom is 0.410 e. The molecule has 0 aromatic heterocycles. The van der Waals surface area contributed by atoms with Gasteiger partial charge in [0.05, 0.1) is 29.7 Å². The molecule has 0 radical (unpaired) electrons. The van der Waals surface area contributed by atoms with Gasteiger partial charge in [0.25, 0.3) is 0 Å². The molecule has 0 heterocycles. The smallest absolute Gasteiger partial charge is 0.410 e. The van der Waals surface area contributed by atoms with Crippen LogP contribution in [0.4, 0.5) is 18.4 Å². The van der Waals surface area contributed by atoms with E-state index in [-0.39, 0.29) is 25.1 Å². The SMILES string of the molecule is CCCC(CCC)S(=O)(=O)CC(NC(=O)OCc1ccccc1)C(=O)N[C@@H](Cc1cc(F)cc(F)c1)[C@H](O)CN(Cc1cccc(CC)c1)C(=O)OC(C)(C)C. The summed E-state index contributed by atoms with van der Waals surface area (Å²) >= 11 is 0. The van der Waals surface area contributed by atoms with E-state index in [1.54, 1.807) is 51.1 Å². The van der Waals surface area contributed by atoms with Gasteiger partial charge < -0.3 is 30.1 Å². The van der Waals surface area contributed by atoms with Crippen molar-refractivity contribution in [1.82, 2.24) is 15.5 Å². The third-order valence-electron chi connectivity index (χ3n) is 8.95. The summed E-state index contributed by atoms with van der Waals surface area (Å²) in [5, 5.41) is 16.1. The molecule has 0 fully saturated rings. The van der Waals surface area contributed by atoms with Crippen molar-refractivity contribution < 1.29 is 46.2 Å². The summed E-state index contributed by atoms with van der Waals surface area (Å²) in [5.74, 6) is -3.55. The number of carbonyl (C=O) groups is 3. The number of nitrogens with zero attached hydrogens (tertiary/aromatic N) is 1. The van der Waals surface area contributed by atoms with Gasteiger partial charge in [-0.1, -0.05) is 88.2 Å². The molecule has 0 saturated carbocycles. The van der Waals surface area contributed by atoms with Crippen molar-refractivity contribution in [3.8, 4) is 0 Å². The molecule has 0 bridgehead atoms. The van der Waals surface area contributed by atoms with E-state index in [2.05, 4.69) is 10.6 Å². The van der Waals surface area contributed by atoms with Crippen molar-refractivity contribution >= 4 is 27.9 Å². The van der Waals surface area contributed by atoms with Crippen LogP contribution < -0.4 is 10.6 Å². The molecule has 3 rings (SSSR count). The average Bonchev–Trinajstić information content (AvgIpc) is 3.12. The van der Waals surface area contributed by atoms with Crippen molar-refractivity contribution in [1.29, 1.82) is 0 Å². The zero-order valence-corrected chi connectivity index (χ0v) is 34.0. The summed E-state index contributed by atoms with van der Waals surface area (Å²) in [6.45, 7) is 10.2. The van der Waals surface area contributed by atoms with Gasteiger partial charge in [0.2, 0.25) is 5.91 Å². The number of halogens is 2. The Balaban J connectivity index is 2.00. The maximum atomic E-state index is 14.4. The van der Waals surface area contributed by atoms with Crippen LogP contribution in [0.15, 0.2) is 72.8 Å². The van der Waals surface area contributed by atoms with Crippen LogP contribution in [0.5, 0.6) is 0 Å². The van der Waals surface area contributed by atoms with Gasteiger partial charge in [-0.15, -0.1) is 0 Å². The number of amides is 3. The Labute approximate surface area is 330 Å². The predicted molar refractivity (Wildman–Crippen MR) is 211 cm³/mol. The topological polar surface area (TPSA) is 151 Å². The molecule has 0 aliphatic heterocycles. The first kappa shape index (κ1) is 45.8. The van der Waals surface area contributed by atoms with Crippen molar-refractivity contribution in [2.24, 2.45) is 0 Å². The van der Waals surface area contributed by atoms with Crippen LogP contribution >= 0.6 is 0 Å². The van der Waals surface area contributed by atoms with Crippen LogP contribution in [-0.2, 0) is 50.1 Å². The fourth-order valence-corrected chi connectivity index (χ4v) is 8.37. The van der Waals surface area contributed by atoms with Gasteiger partial charge in [0, 0.05) is 12.6 Å². The minimum atomic E-state index is -3.98. The highest BCUT2D eigenvalue weighted by molar-refractivity contribution is 7.92. The van der Waals surface area contributed by atoms with Crippen LogP contribution in [-0.4, -0.2) is 77.9 Å². The highest BCUT2D eigenvalue weighted by atomic mass is 32.2. The zero-order valence-electron chi connectivity index (χ0n) is 33.2. The van der Waals surface area contributed by atoms with Crippen LogP contribution in [0.2, 0.25) is 0 Å². The lowest BCUT2D eigenvalue weighted by atomic mass is 9.99. The molecule has 1 unspecified atom stereocenters. The number of carbonyl (C=O) groups excluding carboxylic acids is 3. The summed E-state index contributed by atoms with van der Waals surface area (Å²) < 4.78 is 67.3. The summed E-state index contributed by atoms with van der Waals surface area (Å²) in [7, 11) is -3.98. The molecule has 0 aliphatic rings. The molecule has 308 valence electrons. The Morgan fingerprint density at radius 2 is 1.43 bits per heavy atom. The van der Waals surface area contributed by atoms with E-state index >= 15 is 0 Å².